The molecule has 0 unspecified atom stereocenters. The van der Waals surface area contributed by atoms with E-state index in [1.54, 1.807) is 13.4 Å². The van der Waals surface area contributed by atoms with Crippen molar-refractivity contribution in [2.45, 2.75) is 13.5 Å². The summed E-state index contributed by atoms with van der Waals surface area (Å²) >= 11 is 8.19. The van der Waals surface area contributed by atoms with Crippen LogP contribution in [0.2, 0.25) is 5.15 Å². The molecule has 0 amide bonds. The number of ether oxygens (including phenoxy) is 1. The fourth-order valence-electron chi connectivity index (χ4n) is 1.43. The minimum Gasteiger partial charge on any atom is -0.469 e. The summed E-state index contributed by atoms with van der Waals surface area (Å²) in [6.45, 7) is 2.27. The number of furan rings is 1. The third-order valence-corrected chi connectivity index (χ3v) is 3.99. The molecule has 2 aromatic heterocycles. The lowest BCUT2D eigenvalue weighted by Gasteiger charge is -2.06. The monoisotopic (exact) mass is 364 g/mol. The van der Waals surface area contributed by atoms with Gasteiger partial charge in [-0.1, -0.05) is 11.6 Å². The van der Waals surface area contributed by atoms with Crippen LogP contribution in [0.5, 0.6) is 0 Å². The third kappa shape index (κ3) is 2.61. The Labute approximate surface area is 117 Å². The zero-order chi connectivity index (χ0) is 12.4. The molecule has 90 valence electrons. The smallest absolute Gasteiger partial charge is 0.164 e. The fourth-order valence-corrected chi connectivity index (χ4v) is 2.02. The van der Waals surface area contributed by atoms with Crippen LogP contribution in [-0.2, 0) is 11.3 Å². The van der Waals surface area contributed by atoms with E-state index in [-0.39, 0.29) is 0 Å². The Morgan fingerprint density at radius 3 is 2.82 bits per heavy atom. The largest absolute Gasteiger partial charge is 0.469 e. The predicted molar refractivity (Wildman–Crippen MR) is 72.9 cm³/mol. The van der Waals surface area contributed by atoms with Crippen LogP contribution in [0.1, 0.15) is 11.5 Å². The van der Waals surface area contributed by atoms with Crippen molar-refractivity contribution >= 4 is 34.2 Å². The quantitative estimate of drug-likeness (QED) is 0.618. The lowest BCUT2D eigenvalue weighted by molar-refractivity contribution is 0.181. The molecule has 0 aliphatic carbocycles. The molecule has 0 saturated carbocycles. The average molecular weight is 365 g/mol. The first kappa shape index (κ1) is 12.8. The molecule has 0 atom stereocenters. The van der Waals surface area contributed by atoms with Crippen molar-refractivity contribution in [3.63, 3.8) is 0 Å². The molecule has 0 N–H and O–H groups in total. The van der Waals surface area contributed by atoms with Crippen LogP contribution in [0.3, 0.4) is 0 Å². The van der Waals surface area contributed by atoms with Crippen LogP contribution < -0.4 is 0 Å². The third-order valence-electron chi connectivity index (χ3n) is 2.26. The Morgan fingerprint density at radius 1 is 1.47 bits per heavy atom. The molecular weight excluding hydrogens is 354 g/mol. The molecule has 0 radical (unpaired) electrons. The molecule has 6 heteroatoms. The van der Waals surface area contributed by atoms with Crippen LogP contribution in [0.4, 0.5) is 0 Å². The van der Waals surface area contributed by atoms with E-state index in [4.69, 9.17) is 20.8 Å². The molecule has 17 heavy (non-hydrogen) atoms. The zero-order valence-electron chi connectivity index (χ0n) is 9.33. The fraction of sp³-hybridized carbons (Fsp3) is 0.273. The van der Waals surface area contributed by atoms with Crippen molar-refractivity contribution < 1.29 is 9.15 Å². The van der Waals surface area contributed by atoms with Crippen molar-refractivity contribution in [2.75, 3.05) is 7.11 Å². The first-order chi connectivity index (χ1) is 8.13. The van der Waals surface area contributed by atoms with E-state index in [1.807, 2.05) is 13.0 Å². The summed E-state index contributed by atoms with van der Waals surface area (Å²) in [6, 6.07) is 1.82. The lowest BCUT2D eigenvalue weighted by Crippen LogP contribution is -2.02. The molecule has 2 aromatic rings. The van der Waals surface area contributed by atoms with Gasteiger partial charge in [-0.05, 0) is 35.6 Å². The van der Waals surface area contributed by atoms with Crippen LogP contribution in [-0.4, -0.2) is 17.1 Å². The number of aryl methyl sites for hydroxylation is 1. The van der Waals surface area contributed by atoms with Crippen molar-refractivity contribution in [1.29, 1.82) is 0 Å². The van der Waals surface area contributed by atoms with E-state index >= 15 is 0 Å². The van der Waals surface area contributed by atoms with Crippen LogP contribution in [0, 0.1) is 10.5 Å². The highest BCUT2D eigenvalue weighted by atomic mass is 127. The summed E-state index contributed by atoms with van der Waals surface area (Å²) in [5, 5.41) is 0.434. The summed E-state index contributed by atoms with van der Waals surface area (Å²) in [5.74, 6) is 1.33. The van der Waals surface area contributed by atoms with Gasteiger partial charge in [0.25, 0.3) is 0 Å². The molecule has 0 spiro atoms. The molecular formula is C11H10ClIN2O2. The molecule has 4 nitrogen and oxygen atoms in total. The zero-order valence-corrected chi connectivity index (χ0v) is 12.2. The normalized spacial score (nSPS) is 10.8. The molecule has 2 heterocycles. The SMILES string of the molecule is COCc1nc(-c2ccoc2C)nc(Cl)c1I. The summed E-state index contributed by atoms with van der Waals surface area (Å²) in [5.41, 5.74) is 1.63. The van der Waals surface area contributed by atoms with Gasteiger partial charge in [-0.15, -0.1) is 0 Å². The standard InChI is InChI=1S/C11H10ClIN2O2/c1-6-7(3-4-17-6)11-14-8(5-16-2)9(13)10(12)15-11/h3-4H,5H2,1-2H3. The molecule has 0 aromatic carbocycles. The van der Waals surface area contributed by atoms with Gasteiger partial charge in [0.2, 0.25) is 0 Å². The second-order valence-corrected chi connectivity index (χ2v) is 4.86. The van der Waals surface area contributed by atoms with Gasteiger partial charge in [0, 0.05) is 7.11 Å². The highest BCUT2D eigenvalue weighted by Gasteiger charge is 2.14. The van der Waals surface area contributed by atoms with Gasteiger partial charge in [0.1, 0.15) is 10.9 Å². The number of nitrogens with zero attached hydrogens (tertiary/aromatic N) is 2. The predicted octanol–water partition coefficient (Wildman–Crippen LogP) is 3.45. The Hall–Kier alpha value is -0.660. The van der Waals surface area contributed by atoms with Gasteiger partial charge >= 0.3 is 0 Å². The van der Waals surface area contributed by atoms with Gasteiger partial charge in [0.15, 0.2) is 5.82 Å². The summed E-state index contributed by atoms with van der Waals surface area (Å²) in [6.07, 6.45) is 1.61. The van der Waals surface area contributed by atoms with E-state index in [2.05, 4.69) is 32.6 Å². The lowest BCUT2D eigenvalue weighted by atomic mass is 10.2. The maximum absolute atomic E-state index is 6.08. The van der Waals surface area contributed by atoms with Gasteiger partial charge < -0.3 is 9.15 Å². The maximum Gasteiger partial charge on any atom is 0.164 e. The van der Waals surface area contributed by atoms with E-state index in [9.17, 15) is 0 Å². The maximum atomic E-state index is 6.08. The second kappa shape index (κ2) is 5.32. The summed E-state index contributed by atoms with van der Waals surface area (Å²) in [4.78, 5) is 8.69. The van der Waals surface area contributed by atoms with Crippen LogP contribution >= 0.6 is 34.2 Å². The summed E-state index contributed by atoms with van der Waals surface area (Å²) < 4.78 is 11.1. The van der Waals surface area contributed by atoms with E-state index in [0.29, 0.717) is 17.6 Å². The Morgan fingerprint density at radius 2 is 2.24 bits per heavy atom. The highest BCUT2D eigenvalue weighted by Crippen LogP contribution is 2.26. The minimum atomic E-state index is 0.407. The molecule has 0 aliphatic heterocycles. The second-order valence-electron chi connectivity index (χ2n) is 3.42. The number of rotatable bonds is 3. The van der Waals surface area contributed by atoms with Crippen molar-refractivity contribution in [3.05, 3.63) is 32.5 Å². The minimum absolute atomic E-state index is 0.407. The Bertz CT molecular complexity index is 542. The van der Waals surface area contributed by atoms with E-state index < -0.39 is 0 Å². The number of hydrogen-bond acceptors (Lipinski definition) is 4. The first-order valence-electron chi connectivity index (χ1n) is 4.88. The van der Waals surface area contributed by atoms with Crippen LogP contribution in [0.25, 0.3) is 11.4 Å². The number of halogens is 2. The number of methoxy groups -OCH3 is 1. The summed E-state index contributed by atoms with van der Waals surface area (Å²) in [7, 11) is 1.62. The first-order valence-corrected chi connectivity index (χ1v) is 6.34. The molecule has 0 saturated heterocycles. The molecule has 0 aliphatic rings. The topological polar surface area (TPSA) is 48.2 Å². The molecule has 0 fully saturated rings. The van der Waals surface area contributed by atoms with Crippen molar-refractivity contribution in [1.82, 2.24) is 9.97 Å². The average Bonchev–Trinajstić information content (AvgIpc) is 2.71. The highest BCUT2D eigenvalue weighted by molar-refractivity contribution is 14.1. The Balaban J connectivity index is 2.53. The van der Waals surface area contributed by atoms with Crippen molar-refractivity contribution in [2.24, 2.45) is 0 Å². The van der Waals surface area contributed by atoms with Gasteiger partial charge in [0.05, 0.1) is 27.7 Å². The van der Waals surface area contributed by atoms with Gasteiger partial charge in [-0.2, -0.15) is 0 Å². The van der Waals surface area contributed by atoms with E-state index in [0.717, 1.165) is 20.6 Å². The van der Waals surface area contributed by atoms with Crippen LogP contribution in [0.15, 0.2) is 16.7 Å². The van der Waals surface area contributed by atoms with Gasteiger partial charge in [-0.3, -0.25) is 0 Å². The van der Waals surface area contributed by atoms with Crippen molar-refractivity contribution in [3.8, 4) is 11.4 Å². The van der Waals surface area contributed by atoms with Gasteiger partial charge in [-0.25, -0.2) is 9.97 Å². The number of aromatic nitrogens is 2. The Kier molecular flexibility index (Phi) is 4.01. The molecule has 2 rings (SSSR count). The molecule has 0 bridgehead atoms. The van der Waals surface area contributed by atoms with E-state index in [1.165, 1.54) is 0 Å². The number of hydrogen-bond donors (Lipinski definition) is 0.